The first-order chi connectivity index (χ1) is 9.49. The van der Waals surface area contributed by atoms with Crippen LogP contribution < -0.4 is 9.47 Å². The molecule has 0 bridgehead atoms. The average molecular weight is 336 g/mol. The van der Waals surface area contributed by atoms with E-state index in [2.05, 4.69) is 0 Å². The number of ether oxygens (including phenoxy) is 2. The Morgan fingerprint density at radius 2 is 1.10 bits per heavy atom. The van der Waals surface area contributed by atoms with Gasteiger partial charge >= 0.3 is 12.4 Å². The smallest absolute Gasteiger partial charge is 0.392 e. The van der Waals surface area contributed by atoms with Crippen molar-refractivity contribution in [3.63, 3.8) is 0 Å². The second kappa shape index (κ2) is 6.76. The second-order valence-corrected chi connectivity index (χ2v) is 5.73. The Labute approximate surface area is 121 Å². The summed E-state index contributed by atoms with van der Waals surface area (Å²) < 4.78 is 82.5. The van der Waals surface area contributed by atoms with Gasteiger partial charge in [-0.2, -0.15) is 26.3 Å². The molecule has 9 heteroatoms. The van der Waals surface area contributed by atoms with Crippen LogP contribution in [0.25, 0.3) is 0 Å². The van der Waals surface area contributed by atoms with E-state index in [9.17, 15) is 26.3 Å². The van der Waals surface area contributed by atoms with Gasteiger partial charge in [-0.1, -0.05) is 0 Å². The normalized spacial score (nSPS) is 12.6. The third-order valence-electron chi connectivity index (χ3n) is 2.42. The summed E-state index contributed by atoms with van der Waals surface area (Å²) >= 11 is 1.20. The molecule has 21 heavy (non-hydrogen) atoms. The lowest BCUT2D eigenvalue weighted by atomic mass is 10.3. The van der Waals surface area contributed by atoms with E-state index in [1.54, 1.807) is 13.8 Å². The molecule has 0 saturated heterocycles. The Morgan fingerprint density at radius 3 is 1.38 bits per heavy atom. The van der Waals surface area contributed by atoms with Gasteiger partial charge in [0.25, 0.3) is 0 Å². The first-order valence-corrected chi connectivity index (χ1v) is 6.80. The van der Waals surface area contributed by atoms with E-state index in [4.69, 9.17) is 9.47 Å². The maximum absolute atomic E-state index is 12.1. The quantitative estimate of drug-likeness (QED) is 0.679. The van der Waals surface area contributed by atoms with Gasteiger partial charge < -0.3 is 9.47 Å². The van der Waals surface area contributed by atoms with Gasteiger partial charge in [0.15, 0.2) is 11.5 Å². The van der Waals surface area contributed by atoms with E-state index in [-0.39, 0.29) is 11.5 Å². The number of thiophene rings is 1. The van der Waals surface area contributed by atoms with Crippen LogP contribution in [-0.4, -0.2) is 25.6 Å². The number of aryl methyl sites for hydroxylation is 2. The van der Waals surface area contributed by atoms with E-state index in [0.717, 1.165) is 0 Å². The summed E-state index contributed by atoms with van der Waals surface area (Å²) in [6.45, 7) is 2.01. The summed E-state index contributed by atoms with van der Waals surface area (Å²) in [6.07, 6.45) is -11.0. The van der Waals surface area contributed by atoms with Crippen LogP contribution in [-0.2, 0) is 0 Å². The van der Waals surface area contributed by atoms with Crippen molar-refractivity contribution in [2.75, 3.05) is 13.2 Å². The fourth-order valence-electron chi connectivity index (χ4n) is 1.51. The van der Waals surface area contributed by atoms with Crippen molar-refractivity contribution in [2.24, 2.45) is 0 Å². The van der Waals surface area contributed by atoms with Crippen LogP contribution in [0.15, 0.2) is 0 Å². The molecule has 1 aromatic rings. The number of alkyl halides is 6. The van der Waals surface area contributed by atoms with Crippen molar-refractivity contribution < 1.29 is 35.8 Å². The van der Waals surface area contributed by atoms with Gasteiger partial charge in [-0.15, -0.1) is 11.3 Å². The predicted octanol–water partition coefficient (Wildman–Crippen LogP) is 5.03. The molecule has 1 aromatic heterocycles. The summed E-state index contributed by atoms with van der Waals surface area (Å²) in [5, 5.41) is 0. The van der Waals surface area contributed by atoms with Gasteiger partial charge in [-0.3, -0.25) is 0 Å². The lowest BCUT2D eigenvalue weighted by Gasteiger charge is -2.13. The highest BCUT2D eigenvalue weighted by Crippen LogP contribution is 2.42. The van der Waals surface area contributed by atoms with Crippen LogP contribution in [0.3, 0.4) is 0 Å². The molecule has 0 aromatic carbocycles. The second-order valence-electron chi connectivity index (χ2n) is 4.30. The van der Waals surface area contributed by atoms with Crippen LogP contribution in [0.4, 0.5) is 26.3 Å². The van der Waals surface area contributed by atoms with Gasteiger partial charge in [-0.05, 0) is 13.8 Å². The summed E-state index contributed by atoms with van der Waals surface area (Å²) in [6, 6.07) is 0. The molecule has 0 unspecified atom stereocenters. The number of rotatable bonds is 6. The lowest BCUT2D eigenvalue weighted by Crippen LogP contribution is -2.15. The molecule has 1 heterocycles. The Balaban J connectivity index is 2.66. The van der Waals surface area contributed by atoms with Crippen LogP contribution in [0.2, 0.25) is 0 Å². The lowest BCUT2D eigenvalue weighted by molar-refractivity contribution is -0.141. The van der Waals surface area contributed by atoms with Gasteiger partial charge in [0.1, 0.15) is 0 Å². The summed E-state index contributed by atoms with van der Waals surface area (Å²) in [4.78, 5) is 1.13. The maximum atomic E-state index is 12.1. The molecule has 0 fully saturated rings. The fraction of sp³-hybridized carbons (Fsp3) is 0.667. The first-order valence-electron chi connectivity index (χ1n) is 5.98. The van der Waals surface area contributed by atoms with Crippen LogP contribution >= 0.6 is 11.3 Å². The van der Waals surface area contributed by atoms with Crippen molar-refractivity contribution in [1.82, 2.24) is 0 Å². The molecular formula is C12H14F6O2S. The Morgan fingerprint density at radius 1 is 0.762 bits per heavy atom. The third kappa shape index (κ3) is 6.45. The molecule has 122 valence electrons. The molecule has 1 rings (SSSR count). The fourth-order valence-corrected chi connectivity index (χ4v) is 2.46. The monoisotopic (exact) mass is 336 g/mol. The Kier molecular flexibility index (Phi) is 5.77. The van der Waals surface area contributed by atoms with Crippen molar-refractivity contribution in [1.29, 1.82) is 0 Å². The minimum absolute atomic E-state index is 0.0870. The largest absolute Gasteiger partial charge is 0.488 e. The van der Waals surface area contributed by atoms with E-state index in [1.165, 1.54) is 11.3 Å². The molecule has 0 saturated carbocycles. The molecule has 0 atom stereocenters. The molecule has 0 aliphatic carbocycles. The van der Waals surface area contributed by atoms with Crippen molar-refractivity contribution >= 4 is 11.3 Å². The zero-order valence-corrected chi connectivity index (χ0v) is 12.1. The molecular weight excluding hydrogens is 322 g/mol. The molecule has 2 nitrogen and oxygen atoms in total. The number of halogens is 6. The third-order valence-corrected chi connectivity index (χ3v) is 3.40. The molecule has 0 aliphatic rings. The Bertz CT molecular complexity index is 423. The van der Waals surface area contributed by atoms with Crippen molar-refractivity contribution in [3.8, 4) is 11.5 Å². The highest BCUT2D eigenvalue weighted by molar-refractivity contribution is 7.12. The Hall–Kier alpha value is -1.12. The summed E-state index contributed by atoms with van der Waals surface area (Å²) in [5.74, 6) is 0.174. The number of hydrogen-bond donors (Lipinski definition) is 0. The number of hydrogen-bond acceptors (Lipinski definition) is 3. The molecule has 0 amide bonds. The minimum atomic E-state index is -4.35. The highest BCUT2D eigenvalue weighted by Gasteiger charge is 2.29. The topological polar surface area (TPSA) is 18.5 Å². The van der Waals surface area contributed by atoms with Crippen molar-refractivity contribution in [3.05, 3.63) is 9.75 Å². The van der Waals surface area contributed by atoms with Gasteiger partial charge in [0, 0.05) is 9.75 Å². The van der Waals surface area contributed by atoms with Gasteiger partial charge in [0.05, 0.1) is 26.1 Å². The highest BCUT2D eigenvalue weighted by atomic mass is 32.1. The SMILES string of the molecule is Cc1sc(C)c(OCCC(F)(F)F)c1OCCC(F)(F)F. The standard InChI is InChI=1S/C12H14F6O2S/c1-7-9(19-5-3-11(13,14)15)10(8(2)21-7)20-6-4-12(16,17)18/h3-6H2,1-2H3. The maximum Gasteiger partial charge on any atom is 0.392 e. The minimum Gasteiger partial charge on any atom is -0.488 e. The zero-order chi connectivity index (χ0) is 16.3. The predicted molar refractivity (Wildman–Crippen MR) is 66.1 cm³/mol. The van der Waals surface area contributed by atoms with Crippen LogP contribution in [0.5, 0.6) is 11.5 Å². The van der Waals surface area contributed by atoms with E-state index in [1.807, 2.05) is 0 Å². The van der Waals surface area contributed by atoms with E-state index < -0.39 is 38.4 Å². The first kappa shape index (κ1) is 17.9. The molecule has 0 N–H and O–H groups in total. The van der Waals surface area contributed by atoms with Gasteiger partial charge in [-0.25, -0.2) is 0 Å². The molecule has 0 aliphatic heterocycles. The van der Waals surface area contributed by atoms with Gasteiger partial charge in [0.2, 0.25) is 0 Å². The molecule has 0 radical (unpaired) electrons. The summed E-state index contributed by atoms with van der Waals surface area (Å²) in [7, 11) is 0. The van der Waals surface area contributed by atoms with E-state index >= 15 is 0 Å². The van der Waals surface area contributed by atoms with Crippen molar-refractivity contribution in [2.45, 2.75) is 39.0 Å². The summed E-state index contributed by atoms with van der Waals surface area (Å²) in [5.41, 5.74) is 0. The zero-order valence-electron chi connectivity index (χ0n) is 11.3. The average Bonchev–Trinajstić information content (AvgIpc) is 2.52. The van der Waals surface area contributed by atoms with Crippen LogP contribution in [0.1, 0.15) is 22.6 Å². The van der Waals surface area contributed by atoms with Crippen LogP contribution in [0, 0.1) is 13.8 Å². The van der Waals surface area contributed by atoms with E-state index in [0.29, 0.717) is 9.75 Å². The molecule has 0 spiro atoms.